The summed E-state index contributed by atoms with van der Waals surface area (Å²) in [5, 5.41) is 12.8. The van der Waals surface area contributed by atoms with Gasteiger partial charge in [0.05, 0.1) is 12.6 Å². The van der Waals surface area contributed by atoms with E-state index in [1.54, 1.807) is 24.3 Å². The van der Waals surface area contributed by atoms with Gasteiger partial charge >= 0.3 is 0 Å². The van der Waals surface area contributed by atoms with Crippen LogP contribution in [0.4, 0.5) is 0 Å². The van der Waals surface area contributed by atoms with E-state index in [1.807, 2.05) is 30.3 Å². The molecule has 0 bridgehead atoms. The van der Waals surface area contributed by atoms with E-state index in [0.717, 1.165) is 5.56 Å². The summed E-state index contributed by atoms with van der Waals surface area (Å²) in [7, 11) is 0. The summed E-state index contributed by atoms with van der Waals surface area (Å²) in [6.45, 7) is -0.149. The van der Waals surface area contributed by atoms with Gasteiger partial charge in [0, 0.05) is 10.6 Å². The molecule has 0 fully saturated rings. The van der Waals surface area contributed by atoms with Crippen LogP contribution in [0.25, 0.3) is 0 Å². The Labute approximate surface area is 116 Å². The van der Waals surface area contributed by atoms with Crippen molar-refractivity contribution >= 4 is 17.5 Å². The Balaban J connectivity index is 2.10. The maximum Gasteiger partial charge on any atom is 0.251 e. The SMILES string of the molecule is O=C(N[C@H](CO)c1ccccc1)c1ccc(Cl)cc1. The minimum Gasteiger partial charge on any atom is -0.394 e. The minimum absolute atomic E-state index is 0.149. The van der Waals surface area contributed by atoms with E-state index in [-0.39, 0.29) is 12.5 Å². The van der Waals surface area contributed by atoms with Gasteiger partial charge in [-0.3, -0.25) is 4.79 Å². The van der Waals surface area contributed by atoms with Gasteiger partial charge < -0.3 is 10.4 Å². The zero-order valence-corrected chi connectivity index (χ0v) is 11.0. The topological polar surface area (TPSA) is 49.3 Å². The molecule has 2 N–H and O–H groups in total. The molecule has 0 heterocycles. The van der Waals surface area contributed by atoms with Gasteiger partial charge in [-0.2, -0.15) is 0 Å². The molecular weight excluding hydrogens is 262 g/mol. The quantitative estimate of drug-likeness (QED) is 0.901. The van der Waals surface area contributed by atoms with Gasteiger partial charge in [-0.15, -0.1) is 0 Å². The fraction of sp³-hybridized carbons (Fsp3) is 0.133. The van der Waals surface area contributed by atoms with Gasteiger partial charge in [-0.25, -0.2) is 0 Å². The molecule has 0 aliphatic rings. The largest absolute Gasteiger partial charge is 0.394 e. The second-order valence-electron chi connectivity index (χ2n) is 4.13. The number of benzene rings is 2. The maximum absolute atomic E-state index is 12.0. The Morgan fingerprint density at radius 1 is 1.11 bits per heavy atom. The molecule has 0 radical (unpaired) electrons. The smallest absolute Gasteiger partial charge is 0.251 e. The predicted octanol–water partition coefficient (Wildman–Crippen LogP) is 2.80. The van der Waals surface area contributed by atoms with Crippen molar-refractivity contribution in [3.8, 4) is 0 Å². The van der Waals surface area contributed by atoms with Gasteiger partial charge in [0.2, 0.25) is 0 Å². The molecule has 4 heteroatoms. The van der Waals surface area contributed by atoms with Crippen molar-refractivity contribution in [1.82, 2.24) is 5.32 Å². The van der Waals surface area contributed by atoms with Crippen LogP contribution in [-0.2, 0) is 0 Å². The molecule has 0 saturated heterocycles. The highest BCUT2D eigenvalue weighted by atomic mass is 35.5. The average molecular weight is 276 g/mol. The number of carbonyl (C=O) groups is 1. The number of halogens is 1. The molecule has 0 aromatic heterocycles. The summed E-state index contributed by atoms with van der Waals surface area (Å²) in [4.78, 5) is 12.0. The lowest BCUT2D eigenvalue weighted by atomic mass is 10.1. The Hall–Kier alpha value is -1.84. The normalized spacial score (nSPS) is 11.9. The number of hydrogen-bond acceptors (Lipinski definition) is 2. The fourth-order valence-corrected chi connectivity index (χ4v) is 1.89. The van der Waals surface area contributed by atoms with Crippen LogP contribution in [0, 0.1) is 0 Å². The Kier molecular flexibility index (Phi) is 4.55. The molecule has 0 spiro atoms. The van der Waals surface area contributed by atoms with Crippen LogP contribution in [-0.4, -0.2) is 17.6 Å². The molecule has 0 aliphatic carbocycles. The molecule has 2 aromatic rings. The number of aliphatic hydroxyl groups excluding tert-OH is 1. The molecule has 1 amide bonds. The Morgan fingerprint density at radius 2 is 1.74 bits per heavy atom. The molecule has 0 unspecified atom stereocenters. The molecule has 2 rings (SSSR count). The van der Waals surface area contributed by atoms with Gasteiger partial charge in [-0.05, 0) is 29.8 Å². The number of hydrogen-bond donors (Lipinski definition) is 2. The van der Waals surface area contributed by atoms with E-state index in [4.69, 9.17) is 11.6 Å². The van der Waals surface area contributed by atoms with Crippen molar-refractivity contribution in [2.45, 2.75) is 6.04 Å². The first-order chi connectivity index (χ1) is 9.20. The van der Waals surface area contributed by atoms with Crippen LogP contribution < -0.4 is 5.32 Å². The first-order valence-electron chi connectivity index (χ1n) is 5.93. The summed E-state index contributed by atoms with van der Waals surface area (Å²) >= 11 is 5.77. The zero-order chi connectivity index (χ0) is 13.7. The summed E-state index contributed by atoms with van der Waals surface area (Å²) in [5.41, 5.74) is 1.38. The van der Waals surface area contributed by atoms with Crippen LogP contribution in [0.2, 0.25) is 5.02 Å². The van der Waals surface area contributed by atoms with E-state index >= 15 is 0 Å². The lowest BCUT2D eigenvalue weighted by Gasteiger charge is -2.16. The third-order valence-corrected chi connectivity index (χ3v) is 3.05. The monoisotopic (exact) mass is 275 g/mol. The zero-order valence-electron chi connectivity index (χ0n) is 10.2. The number of nitrogens with one attached hydrogen (secondary N) is 1. The summed E-state index contributed by atoms with van der Waals surface area (Å²) in [6.07, 6.45) is 0. The van der Waals surface area contributed by atoms with Gasteiger partial charge in [0.25, 0.3) is 5.91 Å². The standard InChI is InChI=1S/C15H14ClNO2/c16-13-8-6-12(7-9-13)15(19)17-14(10-18)11-4-2-1-3-5-11/h1-9,14,18H,10H2,(H,17,19)/t14-/m1/s1. The van der Waals surface area contributed by atoms with E-state index in [2.05, 4.69) is 5.32 Å². The van der Waals surface area contributed by atoms with Crippen LogP contribution in [0.5, 0.6) is 0 Å². The predicted molar refractivity (Wildman–Crippen MR) is 75.2 cm³/mol. The van der Waals surface area contributed by atoms with Crippen molar-refractivity contribution < 1.29 is 9.90 Å². The lowest BCUT2D eigenvalue weighted by molar-refractivity contribution is 0.0916. The van der Waals surface area contributed by atoms with Crippen LogP contribution >= 0.6 is 11.6 Å². The van der Waals surface area contributed by atoms with Crippen molar-refractivity contribution in [3.05, 3.63) is 70.7 Å². The molecule has 0 saturated carbocycles. The second-order valence-corrected chi connectivity index (χ2v) is 4.56. The number of aliphatic hydroxyl groups is 1. The van der Waals surface area contributed by atoms with Gasteiger partial charge in [0.1, 0.15) is 0 Å². The second kappa shape index (κ2) is 6.36. The average Bonchev–Trinajstić information content (AvgIpc) is 2.46. The molecule has 2 aromatic carbocycles. The van der Waals surface area contributed by atoms with Crippen molar-refractivity contribution in [3.63, 3.8) is 0 Å². The first kappa shape index (κ1) is 13.6. The highest BCUT2D eigenvalue weighted by Gasteiger charge is 2.14. The third kappa shape index (κ3) is 3.56. The van der Waals surface area contributed by atoms with Crippen molar-refractivity contribution in [2.75, 3.05) is 6.61 Å². The minimum atomic E-state index is -0.413. The van der Waals surface area contributed by atoms with Crippen LogP contribution in [0.15, 0.2) is 54.6 Å². The first-order valence-corrected chi connectivity index (χ1v) is 6.30. The molecule has 0 aliphatic heterocycles. The Bertz CT molecular complexity index is 540. The fourth-order valence-electron chi connectivity index (χ4n) is 1.76. The van der Waals surface area contributed by atoms with E-state index in [1.165, 1.54) is 0 Å². The molecular formula is C15H14ClNO2. The molecule has 3 nitrogen and oxygen atoms in total. The van der Waals surface area contributed by atoms with Crippen molar-refractivity contribution in [1.29, 1.82) is 0 Å². The summed E-state index contributed by atoms with van der Waals surface area (Å²) < 4.78 is 0. The number of amides is 1. The van der Waals surface area contributed by atoms with Crippen LogP contribution in [0.1, 0.15) is 22.0 Å². The van der Waals surface area contributed by atoms with E-state index < -0.39 is 6.04 Å². The number of carbonyl (C=O) groups excluding carboxylic acids is 1. The maximum atomic E-state index is 12.0. The molecule has 1 atom stereocenters. The van der Waals surface area contributed by atoms with Crippen LogP contribution in [0.3, 0.4) is 0 Å². The molecule has 98 valence electrons. The number of rotatable bonds is 4. The van der Waals surface area contributed by atoms with Gasteiger partial charge in [-0.1, -0.05) is 41.9 Å². The van der Waals surface area contributed by atoms with Gasteiger partial charge in [0.15, 0.2) is 0 Å². The van der Waals surface area contributed by atoms with Crippen molar-refractivity contribution in [2.24, 2.45) is 0 Å². The lowest BCUT2D eigenvalue weighted by Crippen LogP contribution is -2.30. The third-order valence-electron chi connectivity index (χ3n) is 2.80. The highest BCUT2D eigenvalue weighted by molar-refractivity contribution is 6.30. The highest BCUT2D eigenvalue weighted by Crippen LogP contribution is 2.14. The van der Waals surface area contributed by atoms with E-state index in [9.17, 15) is 9.90 Å². The molecule has 19 heavy (non-hydrogen) atoms. The van der Waals surface area contributed by atoms with E-state index in [0.29, 0.717) is 10.6 Å². The summed E-state index contributed by atoms with van der Waals surface area (Å²) in [5.74, 6) is -0.237. The Morgan fingerprint density at radius 3 is 2.32 bits per heavy atom. The summed E-state index contributed by atoms with van der Waals surface area (Å²) in [6, 6.07) is 15.6.